The van der Waals surface area contributed by atoms with Crippen LogP contribution in [-0.2, 0) is 25.5 Å². The van der Waals surface area contributed by atoms with E-state index in [1.807, 2.05) is 12.4 Å². The number of rotatable bonds is 9. The Morgan fingerprint density at radius 1 is 1.22 bits per heavy atom. The number of hydrogen-bond donors (Lipinski definition) is 2. The summed E-state index contributed by atoms with van der Waals surface area (Å²) >= 11 is 0. The highest BCUT2D eigenvalue weighted by Crippen LogP contribution is 2.29. The Kier molecular flexibility index (Phi) is 8.44. The van der Waals surface area contributed by atoms with Gasteiger partial charge < -0.3 is 20.1 Å². The van der Waals surface area contributed by atoms with Crippen LogP contribution >= 0.6 is 0 Å². The molecule has 0 radical (unpaired) electrons. The van der Waals surface area contributed by atoms with E-state index in [1.54, 1.807) is 0 Å². The van der Waals surface area contributed by atoms with Crippen LogP contribution in [-0.4, -0.2) is 54.3 Å². The van der Waals surface area contributed by atoms with Crippen LogP contribution in [0.4, 0.5) is 5.95 Å². The summed E-state index contributed by atoms with van der Waals surface area (Å²) in [5.41, 5.74) is 1.09. The quantitative estimate of drug-likeness (QED) is 0.631. The van der Waals surface area contributed by atoms with Gasteiger partial charge in [0.25, 0.3) is 0 Å². The van der Waals surface area contributed by atoms with E-state index in [-0.39, 0.29) is 30.5 Å². The fraction of sp³-hybridized carbons (Fsp3) is 0.684. The summed E-state index contributed by atoms with van der Waals surface area (Å²) in [5.74, 6) is -0.188. The van der Waals surface area contributed by atoms with E-state index < -0.39 is 5.97 Å². The van der Waals surface area contributed by atoms with Gasteiger partial charge in [-0.25, -0.2) is 9.97 Å². The number of nitrogens with zero attached hydrogens (tertiary/aromatic N) is 2. The van der Waals surface area contributed by atoms with Crippen LogP contribution in [0, 0.1) is 5.92 Å². The highest BCUT2D eigenvalue weighted by atomic mass is 16.5. The molecule has 0 aliphatic heterocycles. The van der Waals surface area contributed by atoms with Crippen molar-refractivity contribution in [1.29, 1.82) is 0 Å². The molecule has 0 unspecified atom stereocenters. The van der Waals surface area contributed by atoms with Gasteiger partial charge in [-0.1, -0.05) is 13.8 Å². The Bertz CT molecular complexity index is 608. The first-order valence-corrected chi connectivity index (χ1v) is 9.60. The summed E-state index contributed by atoms with van der Waals surface area (Å²) in [7, 11) is 1.30. The zero-order valence-corrected chi connectivity index (χ0v) is 16.4. The molecule has 1 amide bonds. The van der Waals surface area contributed by atoms with E-state index in [2.05, 4.69) is 39.2 Å². The lowest BCUT2D eigenvalue weighted by molar-refractivity contribution is -0.142. The topological polar surface area (TPSA) is 102 Å². The first-order valence-electron chi connectivity index (χ1n) is 9.60. The van der Waals surface area contributed by atoms with E-state index in [4.69, 9.17) is 4.74 Å². The van der Waals surface area contributed by atoms with Gasteiger partial charge in [-0.2, -0.15) is 0 Å². The molecule has 0 spiro atoms. The van der Waals surface area contributed by atoms with Crippen LogP contribution in [0.5, 0.6) is 0 Å². The fourth-order valence-corrected chi connectivity index (χ4v) is 3.14. The van der Waals surface area contributed by atoms with Crippen molar-refractivity contribution in [2.45, 2.75) is 58.1 Å². The zero-order chi connectivity index (χ0) is 19.6. The van der Waals surface area contributed by atoms with Crippen LogP contribution in [0.15, 0.2) is 12.4 Å². The Morgan fingerprint density at radius 3 is 2.59 bits per heavy atom. The lowest BCUT2D eigenvalue weighted by atomic mass is 9.83. The summed E-state index contributed by atoms with van der Waals surface area (Å²) in [5, 5.41) is 6.00. The van der Waals surface area contributed by atoms with Crippen LogP contribution in [0.1, 0.15) is 45.1 Å². The number of nitrogens with one attached hydrogen (secondary N) is 2. The summed E-state index contributed by atoms with van der Waals surface area (Å²) < 4.78 is 10.6. The van der Waals surface area contributed by atoms with Gasteiger partial charge in [-0.3, -0.25) is 9.59 Å². The molecule has 1 heterocycles. The van der Waals surface area contributed by atoms with Crippen molar-refractivity contribution in [2.24, 2.45) is 5.92 Å². The Hall–Kier alpha value is -2.22. The summed E-state index contributed by atoms with van der Waals surface area (Å²) in [4.78, 5) is 32.3. The minimum Gasteiger partial charge on any atom is -0.468 e. The number of methoxy groups -OCH3 is 1. The number of hydrogen-bond acceptors (Lipinski definition) is 7. The van der Waals surface area contributed by atoms with E-state index in [0.29, 0.717) is 25.4 Å². The third-order valence-electron chi connectivity index (χ3n) is 4.76. The second kappa shape index (κ2) is 10.8. The van der Waals surface area contributed by atoms with E-state index in [1.165, 1.54) is 7.11 Å². The number of anilines is 1. The Labute approximate surface area is 160 Å². The van der Waals surface area contributed by atoms with Gasteiger partial charge in [-0.05, 0) is 37.7 Å². The molecule has 8 nitrogen and oxygen atoms in total. The molecular weight excluding hydrogens is 348 g/mol. The number of esters is 1. The second-order valence-electron chi connectivity index (χ2n) is 6.73. The standard InChI is InChI=1S/C19H30N4O4/c1-4-8-27-16-9-14(18(25)20-12-17(24)26-3)6-7-15(16)23-19-21-10-13(5-2)11-22-19/h10-11,14-16H,4-9,12H2,1-3H3,(H,20,25)(H,21,22,23)/t14-,15+,16+/m0/s1. The van der Waals surface area contributed by atoms with Crippen molar-refractivity contribution >= 4 is 17.8 Å². The fourth-order valence-electron chi connectivity index (χ4n) is 3.14. The molecule has 1 aliphatic carbocycles. The molecule has 1 aliphatic rings. The summed E-state index contributed by atoms with van der Waals surface area (Å²) in [6.07, 6.45) is 7.41. The normalized spacial score (nSPS) is 22.1. The summed E-state index contributed by atoms with van der Waals surface area (Å²) in [6, 6.07) is 0.0497. The molecular formula is C19H30N4O4. The van der Waals surface area contributed by atoms with Crippen molar-refractivity contribution < 1.29 is 19.1 Å². The lowest BCUT2D eigenvalue weighted by Gasteiger charge is -2.35. The SMILES string of the molecule is CCCO[C@@H]1C[C@@H](C(=O)NCC(=O)OC)CC[C@H]1Nc1ncc(CC)cn1. The molecule has 3 atom stereocenters. The number of carbonyl (C=O) groups is 2. The van der Waals surface area contributed by atoms with Crippen molar-refractivity contribution in [1.82, 2.24) is 15.3 Å². The molecule has 150 valence electrons. The molecule has 2 N–H and O–H groups in total. The number of carbonyl (C=O) groups excluding carboxylic acids is 2. The largest absolute Gasteiger partial charge is 0.468 e. The molecule has 0 saturated heterocycles. The van der Waals surface area contributed by atoms with Gasteiger partial charge in [0, 0.05) is 24.9 Å². The zero-order valence-electron chi connectivity index (χ0n) is 16.4. The van der Waals surface area contributed by atoms with Gasteiger partial charge in [0.05, 0.1) is 19.3 Å². The monoisotopic (exact) mass is 378 g/mol. The van der Waals surface area contributed by atoms with Gasteiger partial charge in [-0.15, -0.1) is 0 Å². The van der Waals surface area contributed by atoms with Crippen molar-refractivity contribution in [3.8, 4) is 0 Å². The molecule has 1 aromatic rings. The van der Waals surface area contributed by atoms with Crippen LogP contribution in [0.25, 0.3) is 0 Å². The van der Waals surface area contributed by atoms with Crippen molar-refractivity contribution in [3.05, 3.63) is 18.0 Å². The molecule has 1 fully saturated rings. The molecule has 2 rings (SSSR count). The van der Waals surface area contributed by atoms with Crippen molar-refractivity contribution in [3.63, 3.8) is 0 Å². The van der Waals surface area contributed by atoms with E-state index in [0.717, 1.165) is 24.8 Å². The second-order valence-corrected chi connectivity index (χ2v) is 6.73. The molecule has 8 heteroatoms. The van der Waals surface area contributed by atoms with Gasteiger partial charge >= 0.3 is 5.97 Å². The predicted molar refractivity (Wildman–Crippen MR) is 101 cm³/mol. The minimum atomic E-state index is -0.454. The third-order valence-corrected chi connectivity index (χ3v) is 4.76. The maximum atomic E-state index is 12.4. The number of ether oxygens (including phenoxy) is 2. The smallest absolute Gasteiger partial charge is 0.325 e. The lowest BCUT2D eigenvalue weighted by Crippen LogP contribution is -2.46. The van der Waals surface area contributed by atoms with E-state index >= 15 is 0 Å². The molecule has 1 aromatic heterocycles. The number of aryl methyl sites for hydroxylation is 1. The first kappa shape index (κ1) is 21.1. The minimum absolute atomic E-state index is 0.0497. The predicted octanol–water partition coefficient (Wildman–Crippen LogP) is 1.70. The Balaban J connectivity index is 1.95. The van der Waals surface area contributed by atoms with Gasteiger partial charge in [0.1, 0.15) is 6.54 Å². The van der Waals surface area contributed by atoms with Crippen LogP contribution in [0.2, 0.25) is 0 Å². The average molecular weight is 378 g/mol. The summed E-state index contributed by atoms with van der Waals surface area (Å²) in [6.45, 7) is 4.64. The third kappa shape index (κ3) is 6.46. The van der Waals surface area contributed by atoms with Gasteiger partial charge in [0.2, 0.25) is 11.9 Å². The highest BCUT2D eigenvalue weighted by Gasteiger charge is 2.35. The number of aromatic nitrogens is 2. The molecule has 27 heavy (non-hydrogen) atoms. The highest BCUT2D eigenvalue weighted by molar-refractivity contribution is 5.83. The molecule has 0 aromatic carbocycles. The first-order chi connectivity index (χ1) is 13.1. The average Bonchev–Trinajstić information content (AvgIpc) is 2.71. The van der Waals surface area contributed by atoms with E-state index in [9.17, 15) is 9.59 Å². The van der Waals surface area contributed by atoms with Gasteiger partial charge in [0.15, 0.2) is 0 Å². The number of amides is 1. The molecule has 1 saturated carbocycles. The molecule has 0 bridgehead atoms. The Morgan fingerprint density at radius 2 is 1.96 bits per heavy atom. The maximum Gasteiger partial charge on any atom is 0.325 e. The maximum absolute atomic E-state index is 12.4. The van der Waals surface area contributed by atoms with Crippen LogP contribution < -0.4 is 10.6 Å². The van der Waals surface area contributed by atoms with Crippen LogP contribution in [0.3, 0.4) is 0 Å². The van der Waals surface area contributed by atoms with Crippen molar-refractivity contribution in [2.75, 3.05) is 25.6 Å².